The standard InChI is InChI=1S/C18H26IO4Si/c1-13-9-16(21-5)15(19)10-14(13)7-8-17(20)22-12-23-24(6)11-18(2,3)4/h7-10H,11-12H2,1-6H3/b8-7+. The van der Waals surface area contributed by atoms with E-state index in [9.17, 15) is 4.79 Å². The fourth-order valence-electron chi connectivity index (χ4n) is 2.20. The fourth-order valence-corrected chi connectivity index (χ4v) is 4.77. The van der Waals surface area contributed by atoms with E-state index in [2.05, 4.69) is 49.9 Å². The number of carbonyl (C=O) groups is 1. The maximum absolute atomic E-state index is 11.8. The summed E-state index contributed by atoms with van der Waals surface area (Å²) in [5.41, 5.74) is 2.23. The molecule has 0 bridgehead atoms. The number of halogens is 1. The number of ether oxygens (including phenoxy) is 2. The van der Waals surface area contributed by atoms with Crippen LogP contribution in [0.1, 0.15) is 31.9 Å². The summed E-state index contributed by atoms with van der Waals surface area (Å²) in [5, 5.41) is 0. The highest BCUT2D eigenvalue weighted by Crippen LogP contribution is 2.25. The molecule has 1 radical (unpaired) electrons. The maximum atomic E-state index is 11.8. The van der Waals surface area contributed by atoms with E-state index in [-0.39, 0.29) is 12.2 Å². The van der Waals surface area contributed by atoms with Crippen LogP contribution in [-0.2, 0) is 14.0 Å². The SMILES string of the molecule is COc1cc(C)c(/C=C/C(=O)OCO[Si](C)CC(C)(C)C)cc1I. The Bertz CT molecular complexity index is 593. The molecule has 0 heterocycles. The van der Waals surface area contributed by atoms with Crippen LogP contribution >= 0.6 is 22.6 Å². The van der Waals surface area contributed by atoms with E-state index in [4.69, 9.17) is 13.9 Å². The maximum Gasteiger partial charge on any atom is 0.332 e. The van der Waals surface area contributed by atoms with E-state index in [0.717, 1.165) is 26.5 Å². The minimum absolute atomic E-state index is 0.0170. The Kier molecular flexibility index (Phi) is 8.45. The second-order valence-corrected chi connectivity index (χ2v) is 10.1. The average Bonchev–Trinajstić information content (AvgIpc) is 2.45. The van der Waals surface area contributed by atoms with E-state index in [0.29, 0.717) is 0 Å². The topological polar surface area (TPSA) is 44.8 Å². The Morgan fingerprint density at radius 3 is 2.58 bits per heavy atom. The zero-order chi connectivity index (χ0) is 18.3. The molecule has 1 aromatic carbocycles. The Labute approximate surface area is 160 Å². The van der Waals surface area contributed by atoms with Crippen molar-refractivity contribution in [1.82, 2.24) is 0 Å². The molecule has 0 amide bonds. The first-order valence-corrected chi connectivity index (χ1v) is 11.0. The van der Waals surface area contributed by atoms with Crippen molar-refractivity contribution in [2.75, 3.05) is 13.9 Å². The van der Waals surface area contributed by atoms with Gasteiger partial charge < -0.3 is 13.9 Å². The zero-order valence-electron chi connectivity index (χ0n) is 15.2. The Morgan fingerprint density at radius 2 is 2.00 bits per heavy atom. The van der Waals surface area contributed by atoms with Crippen LogP contribution in [0.15, 0.2) is 18.2 Å². The molecule has 6 heteroatoms. The van der Waals surface area contributed by atoms with Crippen molar-refractivity contribution in [1.29, 1.82) is 0 Å². The lowest BCUT2D eigenvalue weighted by atomic mass is 10.0. The van der Waals surface area contributed by atoms with Crippen molar-refractivity contribution >= 4 is 43.7 Å². The monoisotopic (exact) mass is 461 g/mol. The number of benzene rings is 1. The van der Waals surface area contributed by atoms with Crippen molar-refractivity contribution in [2.24, 2.45) is 5.41 Å². The second kappa shape index (κ2) is 9.58. The lowest BCUT2D eigenvalue weighted by Crippen LogP contribution is -2.23. The summed E-state index contributed by atoms with van der Waals surface area (Å²) in [4.78, 5) is 11.8. The zero-order valence-corrected chi connectivity index (χ0v) is 18.4. The van der Waals surface area contributed by atoms with Crippen LogP contribution in [-0.4, -0.2) is 28.9 Å². The lowest BCUT2D eigenvalue weighted by molar-refractivity contribution is -0.144. The van der Waals surface area contributed by atoms with E-state index >= 15 is 0 Å². The van der Waals surface area contributed by atoms with Crippen LogP contribution in [0.2, 0.25) is 12.6 Å². The van der Waals surface area contributed by atoms with Gasteiger partial charge in [-0.3, -0.25) is 0 Å². The highest BCUT2D eigenvalue weighted by molar-refractivity contribution is 14.1. The van der Waals surface area contributed by atoms with Gasteiger partial charge in [0.1, 0.15) is 5.75 Å². The molecule has 0 aromatic heterocycles. The third kappa shape index (κ3) is 7.81. The first-order valence-electron chi connectivity index (χ1n) is 7.76. The molecule has 0 fully saturated rings. The summed E-state index contributed by atoms with van der Waals surface area (Å²) >= 11 is 2.21. The Morgan fingerprint density at radius 1 is 1.33 bits per heavy atom. The number of hydrogen-bond donors (Lipinski definition) is 0. The molecule has 0 aliphatic rings. The van der Waals surface area contributed by atoms with Gasteiger partial charge in [-0.1, -0.05) is 20.8 Å². The van der Waals surface area contributed by atoms with Gasteiger partial charge in [-0.05, 0) is 76.9 Å². The third-order valence-electron chi connectivity index (χ3n) is 3.23. The van der Waals surface area contributed by atoms with Crippen LogP contribution in [0.5, 0.6) is 5.75 Å². The highest BCUT2D eigenvalue weighted by Gasteiger charge is 2.18. The van der Waals surface area contributed by atoms with E-state index < -0.39 is 15.0 Å². The van der Waals surface area contributed by atoms with E-state index in [1.54, 1.807) is 13.2 Å². The van der Waals surface area contributed by atoms with Gasteiger partial charge in [0.15, 0.2) is 6.79 Å². The van der Waals surface area contributed by atoms with Gasteiger partial charge in [-0.15, -0.1) is 0 Å². The number of carbonyl (C=O) groups excluding carboxylic acids is 1. The van der Waals surface area contributed by atoms with Gasteiger partial charge in [0.2, 0.25) is 9.04 Å². The molecule has 0 atom stereocenters. The molecule has 0 N–H and O–H groups in total. The van der Waals surface area contributed by atoms with Crippen LogP contribution in [0.4, 0.5) is 0 Å². The molecule has 0 saturated heterocycles. The predicted octanol–water partition coefficient (Wildman–Crippen LogP) is 4.81. The molecule has 1 rings (SSSR count). The third-order valence-corrected chi connectivity index (χ3v) is 6.24. The first kappa shape index (κ1) is 21.2. The number of aryl methyl sites for hydroxylation is 1. The largest absolute Gasteiger partial charge is 0.496 e. The van der Waals surface area contributed by atoms with Crippen molar-refractivity contribution in [3.63, 3.8) is 0 Å². The molecular formula is C18H26IO4Si. The van der Waals surface area contributed by atoms with Crippen molar-refractivity contribution in [3.05, 3.63) is 32.9 Å². The minimum atomic E-state index is -0.945. The van der Waals surface area contributed by atoms with Crippen LogP contribution in [0, 0.1) is 15.9 Å². The molecule has 133 valence electrons. The van der Waals surface area contributed by atoms with Crippen molar-refractivity contribution in [3.8, 4) is 5.75 Å². The summed E-state index contributed by atoms with van der Waals surface area (Å²) in [6.07, 6.45) is 3.19. The predicted molar refractivity (Wildman–Crippen MR) is 107 cm³/mol. The van der Waals surface area contributed by atoms with Gasteiger partial charge in [0.05, 0.1) is 10.7 Å². The smallest absolute Gasteiger partial charge is 0.332 e. The molecule has 0 aliphatic carbocycles. The van der Waals surface area contributed by atoms with Crippen molar-refractivity contribution < 1.29 is 18.7 Å². The molecule has 1 aromatic rings. The van der Waals surface area contributed by atoms with Crippen LogP contribution in [0.25, 0.3) is 6.08 Å². The molecule has 24 heavy (non-hydrogen) atoms. The van der Waals surface area contributed by atoms with Gasteiger partial charge in [0, 0.05) is 6.08 Å². The molecule has 0 saturated carbocycles. The molecule has 0 aliphatic heterocycles. The van der Waals surface area contributed by atoms with E-state index in [1.165, 1.54) is 6.08 Å². The lowest BCUT2D eigenvalue weighted by Gasteiger charge is -2.21. The van der Waals surface area contributed by atoms with Gasteiger partial charge in [-0.25, -0.2) is 4.79 Å². The van der Waals surface area contributed by atoms with Gasteiger partial charge >= 0.3 is 5.97 Å². The van der Waals surface area contributed by atoms with E-state index in [1.807, 2.05) is 19.1 Å². The molecular weight excluding hydrogens is 435 g/mol. The van der Waals surface area contributed by atoms with Crippen LogP contribution < -0.4 is 4.74 Å². The molecule has 4 nitrogen and oxygen atoms in total. The summed E-state index contributed by atoms with van der Waals surface area (Å²) in [6, 6.07) is 4.94. The summed E-state index contributed by atoms with van der Waals surface area (Å²) in [5.74, 6) is 0.434. The van der Waals surface area contributed by atoms with Gasteiger partial charge in [0.25, 0.3) is 0 Å². The van der Waals surface area contributed by atoms with Crippen LogP contribution in [0.3, 0.4) is 0 Å². The summed E-state index contributed by atoms with van der Waals surface area (Å²) < 4.78 is 17.0. The average molecular weight is 461 g/mol. The first-order chi connectivity index (χ1) is 11.1. The number of esters is 1. The number of hydrogen-bond acceptors (Lipinski definition) is 4. The second-order valence-electron chi connectivity index (χ2n) is 6.84. The molecule has 0 unspecified atom stereocenters. The fraction of sp³-hybridized carbons (Fsp3) is 0.500. The van der Waals surface area contributed by atoms with Crippen molar-refractivity contribution in [2.45, 2.75) is 40.3 Å². The quantitative estimate of drug-likeness (QED) is 0.192. The summed E-state index contributed by atoms with van der Waals surface area (Å²) in [7, 11) is 0.701. The Hall–Kier alpha value is -0.863. The minimum Gasteiger partial charge on any atom is -0.496 e. The summed E-state index contributed by atoms with van der Waals surface area (Å²) in [6.45, 7) is 10.6. The van der Waals surface area contributed by atoms with Gasteiger partial charge in [-0.2, -0.15) is 0 Å². The Balaban J connectivity index is 2.51. The number of rotatable bonds is 7. The number of methoxy groups -OCH3 is 1. The highest BCUT2D eigenvalue weighted by atomic mass is 127. The normalized spacial score (nSPS) is 12.0. The molecule has 0 spiro atoms.